The highest BCUT2D eigenvalue weighted by Crippen LogP contribution is 2.30. The molecule has 1 heterocycles. The minimum absolute atomic E-state index is 0.139. The normalized spacial score (nSPS) is 31.8. The second kappa shape index (κ2) is 6.01. The molecule has 3 atom stereocenters. The van der Waals surface area contributed by atoms with Crippen LogP contribution in [0, 0.1) is 0 Å². The lowest BCUT2D eigenvalue weighted by atomic mass is 10.0. The summed E-state index contributed by atoms with van der Waals surface area (Å²) in [5.41, 5.74) is -0.514. The second-order valence-corrected chi connectivity index (χ2v) is 6.05. The smallest absolute Gasteiger partial charge is 0.308 e. The Labute approximate surface area is 114 Å². The molecule has 0 amide bonds. The molecule has 1 rings (SSSR count). The predicted octanol–water partition coefficient (Wildman–Crippen LogP) is 2.22. The van der Waals surface area contributed by atoms with Gasteiger partial charge >= 0.3 is 5.97 Å². The molecule has 1 aliphatic heterocycles. The molecule has 19 heavy (non-hydrogen) atoms. The van der Waals surface area contributed by atoms with Crippen LogP contribution in [0.5, 0.6) is 0 Å². The number of esters is 1. The number of carbonyl (C=O) groups excluding carboxylic acids is 2. The standard InChI is InChI=1S/C14H24O5/c1-6-14(5)17-10(7-11(9-15)18-14)8-12(16)19-13(2,3)4/h9-11H,6-8H2,1-5H3/t10-,11+,14?/m1/s1. The third kappa shape index (κ3) is 5.28. The highest BCUT2D eigenvalue weighted by molar-refractivity contribution is 5.70. The molecule has 1 aliphatic rings. The van der Waals surface area contributed by atoms with Gasteiger partial charge in [0.25, 0.3) is 0 Å². The van der Waals surface area contributed by atoms with E-state index in [0.29, 0.717) is 12.8 Å². The predicted molar refractivity (Wildman–Crippen MR) is 69.6 cm³/mol. The van der Waals surface area contributed by atoms with Crippen molar-refractivity contribution in [2.45, 2.75) is 77.5 Å². The van der Waals surface area contributed by atoms with Gasteiger partial charge in [-0.05, 0) is 34.1 Å². The van der Waals surface area contributed by atoms with Gasteiger partial charge in [0, 0.05) is 6.42 Å². The van der Waals surface area contributed by atoms with E-state index in [1.54, 1.807) is 6.92 Å². The van der Waals surface area contributed by atoms with Crippen LogP contribution < -0.4 is 0 Å². The van der Waals surface area contributed by atoms with Crippen molar-refractivity contribution in [2.24, 2.45) is 0 Å². The number of hydrogen-bond donors (Lipinski definition) is 0. The van der Waals surface area contributed by atoms with Gasteiger partial charge in [0.2, 0.25) is 0 Å². The van der Waals surface area contributed by atoms with Crippen molar-refractivity contribution in [3.05, 3.63) is 0 Å². The average molecular weight is 272 g/mol. The summed E-state index contributed by atoms with van der Waals surface area (Å²) in [5.74, 6) is -1.13. The van der Waals surface area contributed by atoms with E-state index in [2.05, 4.69) is 0 Å². The summed E-state index contributed by atoms with van der Waals surface area (Å²) >= 11 is 0. The van der Waals surface area contributed by atoms with Crippen LogP contribution in [0.3, 0.4) is 0 Å². The lowest BCUT2D eigenvalue weighted by molar-refractivity contribution is -0.301. The fourth-order valence-corrected chi connectivity index (χ4v) is 2.00. The number of aldehydes is 1. The molecular weight excluding hydrogens is 248 g/mol. The van der Waals surface area contributed by atoms with E-state index >= 15 is 0 Å². The molecule has 0 N–H and O–H groups in total. The molecule has 0 aromatic heterocycles. The first kappa shape index (κ1) is 16.1. The molecule has 110 valence electrons. The van der Waals surface area contributed by atoms with E-state index < -0.39 is 17.5 Å². The van der Waals surface area contributed by atoms with Crippen molar-refractivity contribution in [3.63, 3.8) is 0 Å². The molecule has 0 spiro atoms. The largest absolute Gasteiger partial charge is 0.460 e. The summed E-state index contributed by atoms with van der Waals surface area (Å²) in [6.07, 6.45) is 1.04. The van der Waals surface area contributed by atoms with Gasteiger partial charge in [-0.2, -0.15) is 0 Å². The van der Waals surface area contributed by atoms with Crippen LogP contribution in [0.15, 0.2) is 0 Å². The topological polar surface area (TPSA) is 61.8 Å². The first-order valence-corrected chi connectivity index (χ1v) is 6.70. The first-order valence-electron chi connectivity index (χ1n) is 6.70. The fourth-order valence-electron chi connectivity index (χ4n) is 2.00. The molecule has 5 heteroatoms. The van der Waals surface area contributed by atoms with Crippen LogP contribution in [-0.2, 0) is 23.8 Å². The highest BCUT2D eigenvalue weighted by atomic mass is 16.7. The van der Waals surface area contributed by atoms with E-state index in [1.807, 2.05) is 27.7 Å². The quantitative estimate of drug-likeness (QED) is 0.580. The summed E-state index contributed by atoms with van der Waals surface area (Å²) < 4.78 is 16.6. The molecule has 0 aromatic rings. The van der Waals surface area contributed by atoms with Gasteiger partial charge in [0.05, 0.1) is 12.5 Å². The third-order valence-electron chi connectivity index (χ3n) is 2.92. The van der Waals surface area contributed by atoms with E-state index in [-0.39, 0.29) is 18.5 Å². The molecular formula is C14H24O5. The van der Waals surface area contributed by atoms with Gasteiger partial charge in [0.15, 0.2) is 5.79 Å². The fraction of sp³-hybridized carbons (Fsp3) is 0.857. The summed E-state index contributed by atoms with van der Waals surface area (Å²) in [7, 11) is 0. The van der Waals surface area contributed by atoms with Crippen molar-refractivity contribution >= 4 is 12.3 Å². The summed E-state index contributed by atoms with van der Waals surface area (Å²) in [4.78, 5) is 22.7. The van der Waals surface area contributed by atoms with Crippen molar-refractivity contribution < 1.29 is 23.8 Å². The molecule has 1 unspecified atom stereocenters. The maximum Gasteiger partial charge on any atom is 0.308 e. The Kier molecular flexibility index (Phi) is 5.10. The minimum atomic E-state index is -0.809. The molecule has 5 nitrogen and oxygen atoms in total. The van der Waals surface area contributed by atoms with Crippen molar-refractivity contribution in [3.8, 4) is 0 Å². The van der Waals surface area contributed by atoms with E-state index in [1.165, 1.54) is 0 Å². The van der Waals surface area contributed by atoms with Gasteiger partial charge in [-0.25, -0.2) is 0 Å². The molecule has 0 radical (unpaired) electrons. The monoisotopic (exact) mass is 272 g/mol. The zero-order valence-corrected chi connectivity index (χ0v) is 12.4. The molecule has 0 aromatic carbocycles. The lowest BCUT2D eigenvalue weighted by Gasteiger charge is -2.40. The summed E-state index contributed by atoms with van der Waals surface area (Å²) in [6, 6.07) is 0. The van der Waals surface area contributed by atoms with Crippen molar-refractivity contribution in [1.82, 2.24) is 0 Å². The second-order valence-electron chi connectivity index (χ2n) is 6.05. The Balaban J connectivity index is 2.62. The van der Waals surface area contributed by atoms with Gasteiger partial charge in [-0.3, -0.25) is 4.79 Å². The molecule has 0 bridgehead atoms. The van der Waals surface area contributed by atoms with Crippen LogP contribution in [-0.4, -0.2) is 35.9 Å². The number of ether oxygens (including phenoxy) is 3. The average Bonchev–Trinajstić information content (AvgIpc) is 2.25. The van der Waals surface area contributed by atoms with Crippen molar-refractivity contribution in [2.75, 3.05) is 0 Å². The zero-order valence-electron chi connectivity index (χ0n) is 12.4. The Morgan fingerprint density at radius 3 is 2.53 bits per heavy atom. The molecule has 1 saturated heterocycles. The van der Waals surface area contributed by atoms with Gasteiger partial charge in [0.1, 0.15) is 18.0 Å². The van der Waals surface area contributed by atoms with Crippen LogP contribution in [0.1, 0.15) is 53.9 Å². The Morgan fingerprint density at radius 2 is 2.05 bits per heavy atom. The number of hydrogen-bond acceptors (Lipinski definition) is 5. The summed E-state index contributed by atoms with van der Waals surface area (Å²) in [5, 5.41) is 0. The Morgan fingerprint density at radius 1 is 1.42 bits per heavy atom. The first-order chi connectivity index (χ1) is 8.67. The number of carbonyl (C=O) groups is 2. The third-order valence-corrected chi connectivity index (χ3v) is 2.92. The van der Waals surface area contributed by atoms with E-state index in [4.69, 9.17) is 14.2 Å². The van der Waals surface area contributed by atoms with Crippen molar-refractivity contribution in [1.29, 1.82) is 0 Å². The van der Waals surface area contributed by atoms with Crippen LogP contribution in [0.2, 0.25) is 0 Å². The van der Waals surface area contributed by atoms with Gasteiger partial charge in [-0.15, -0.1) is 0 Å². The molecule has 0 saturated carbocycles. The summed E-state index contributed by atoms with van der Waals surface area (Å²) in [6.45, 7) is 9.16. The molecule has 1 fully saturated rings. The number of rotatable bonds is 4. The van der Waals surface area contributed by atoms with Crippen LogP contribution >= 0.6 is 0 Å². The zero-order chi connectivity index (χ0) is 14.7. The van der Waals surface area contributed by atoms with Gasteiger partial charge < -0.3 is 19.0 Å². The highest BCUT2D eigenvalue weighted by Gasteiger charge is 2.38. The minimum Gasteiger partial charge on any atom is -0.460 e. The maximum absolute atomic E-state index is 11.8. The lowest BCUT2D eigenvalue weighted by Crippen LogP contribution is -2.47. The maximum atomic E-state index is 11.8. The van der Waals surface area contributed by atoms with Crippen LogP contribution in [0.25, 0.3) is 0 Å². The SMILES string of the molecule is CCC1(C)O[C@@H](CC(=O)OC(C)(C)C)C[C@@H](C=O)O1. The van der Waals surface area contributed by atoms with Crippen LogP contribution in [0.4, 0.5) is 0 Å². The van der Waals surface area contributed by atoms with E-state index in [9.17, 15) is 9.59 Å². The van der Waals surface area contributed by atoms with Gasteiger partial charge in [-0.1, -0.05) is 6.92 Å². The Hall–Kier alpha value is -0.940. The van der Waals surface area contributed by atoms with E-state index in [0.717, 1.165) is 6.29 Å². The molecule has 0 aliphatic carbocycles. The Bertz CT molecular complexity index is 333.